The van der Waals surface area contributed by atoms with Crippen LogP contribution in [0.25, 0.3) is 0 Å². The van der Waals surface area contributed by atoms with Crippen molar-refractivity contribution in [3.63, 3.8) is 0 Å². The second-order valence-corrected chi connectivity index (χ2v) is 13.7. The van der Waals surface area contributed by atoms with Gasteiger partial charge in [-0.2, -0.15) is 0 Å². The fourth-order valence-electron chi connectivity index (χ4n) is 6.74. The van der Waals surface area contributed by atoms with Crippen molar-refractivity contribution in [2.75, 3.05) is 20.1 Å². The van der Waals surface area contributed by atoms with Crippen molar-refractivity contribution in [3.8, 4) is 0 Å². The maximum atomic E-state index is 14.2. The fourth-order valence-corrected chi connectivity index (χ4v) is 6.74. The van der Waals surface area contributed by atoms with Crippen molar-refractivity contribution < 1.29 is 23.9 Å². The van der Waals surface area contributed by atoms with Crippen LogP contribution in [0.15, 0.2) is 24.3 Å². The Morgan fingerprint density at radius 1 is 1.07 bits per heavy atom. The number of likely N-dealkylation sites (tertiary alicyclic amines) is 1. The van der Waals surface area contributed by atoms with Gasteiger partial charge in [-0.15, -0.1) is 0 Å². The van der Waals surface area contributed by atoms with E-state index in [1.165, 1.54) is 23.1 Å². The van der Waals surface area contributed by atoms with Crippen LogP contribution in [0.3, 0.4) is 0 Å². The third-order valence-corrected chi connectivity index (χ3v) is 9.26. The Bertz CT molecular complexity index is 1160. The van der Waals surface area contributed by atoms with Crippen LogP contribution < -0.4 is 16.4 Å². The fraction of sp³-hybridized carbons (Fsp3) is 0.697. The molecule has 5 unspecified atom stereocenters. The van der Waals surface area contributed by atoms with Gasteiger partial charge in [0, 0.05) is 32.1 Å². The highest BCUT2D eigenvalue weighted by Gasteiger charge is 2.44. The third-order valence-electron chi connectivity index (χ3n) is 9.26. The third kappa shape index (κ3) is 8.28. The maximum Gasteiger partial charge on any atom is 0.410 e. The Balaban J connectivity index is 1.46. The van der Waals surface area contributed by atoms with Crippen LogP contribution in [0.5, 0.6) is 0 Å². The molecule has 0 radical (unpaired) electrons. The van der Waals surface area contributed by atoms with Crippen LogP contribution in [-0.2, 0) is 25.5 Å². The minimum absolute atomic E-state index is 0.0523. The SMILES string of the molecule is CC(C(=O)NC(C(=O)N1CC(N)CC1C(=O)NCC1CCCc2ccccc21)C1CCCCC1)N(C)C(=O)OC(C)(C)C. The molecule has 4 rings (SSSR count). The molecule has 0 aromatic heterocycles. The van der Waals surface area contributed by atoms with Gasteiger partial charge in [0.15, 0.2) is 0 Å². The van der Waals surface area contributed by atoms with Crippen LogP contribution in [0.1, 0.15) is 96.1 Å². The van der Waals surface area contributed by atoms with Gasteiger partial charge in [-0.05, 0) is 83.3 Å². The highest BCUT2D eigenvalue weighted by atomic mass is 16.6. The average Bonchev–Trinajstić information content (AvgIpc) is 3.38. The normalized spacial score (nSPS) is 24.0. The van der Waals surface area contributed by atoms with Gasteiger partial charge < -0.3 is 26.0 Å². The van der Waals surface area contributed by atoms with Crippen LogP contribution in [-0.4, -0.2) is 83.5 Å². The zero-order chi connectivity index (χ0) is 31.3. The Labute approximate surface area is 256 Å². The number of aryl methyl sites for hydroxylation is 1. The van der Waals surface area contributed by atoms with E-state index in [0.29, 0.717) is 13.0 Å². The zero-order valence-corrected chi connectivity index (χ0v) is 26.6. The lowest BCUT2D eigenvalue weighted by molar-refractivity contribution is -0.143. The van der Waals surface area contributed by atoms with Crippen molar-refractivity contribution in [1.82, 2.24) is 20.4 Å². The number of hydrogen-bond acceptors (Lipinski definition) is 6. The monoisotopic (exact) mass is 597 g/mol. The highest BCUT2D eigenvalue weighted by molar-refractivity contribution is 5.94. The Morgan fingerprint density at radius 2 is 1.77 bits per heavy atom. The van der Waals surface area contributed by atoms with E-state index < -0.39 is 35.7 Å². The number of ether oxygens (including phenoxy) is 1. The van der Waals surface area contributed by atoms with E-state index in [2.05, 4.69) is 28.8 Å². The number of rotatable bonds is 8. The molecule has 2 aliphatic carbocycles. The molecule has 1 heterocycles. The summed E-state index contributed by atoms with van der Waals surface area (Å²) >= 11 is 0. The van der Waals surface area contributed by atoms with E-state index in [1.807, 2.05) is 6.07 Å². The lowest BCUT2D eigenvalue weighted by atomic mass is 9.82. The molecule has 1 aromatic rings. The van der Waals surface area contributed by atoms with Gasteiger partial charge in [0.2, 0.25) is 17.7 Å². The molecular weight excluding hydrogens is 546 g/mol. The molecule has 4 N–H and O–H groups in total. The molecule has 10 heteroatoms. The van der Waals surface area contributed by atoms with Crippen LogP contribution in [0.2, 0.25) is 0 Å². The van der Waals surface area contributed by atoms with Crippen molar-refractivity contribution in [2.45, 2.75) is 121 Å². The lowest BCUT2D eigenvalue weighted by Crippen LogP contribution is -2.59. The molecular formula is C33H51N5O5. The molecule has 43 heavy (non-hydrogen) atoms. The summed E-state index contributed by atoms with van der Waals surface area (Å²) in [6, 6.07) is 5.74. The summed E-state index contributed by atoms with van der Waals surface area (Å²) in [5.74, 6) is -0.716. The molecule has 1 aromatic carbocycles. The summed E-state index contributed by atoms with van der Waals surface area (Å²) in [6.45, 7) is 7.69. The molecule has 3 aliphatic rings. The van der Waals surface area contributed by atoms with Crippen molar-refractivity contribution in [3.05, 3.63) is 35.4 Å². The largest absolute Gasteiger partial charge is 0.444 e. The van der Waals surface area contributed by atoms with Gasteiger partial charge in [-0.1, -0.05) is 43.5 Å². The number of fused-ring (bicyclic) bond motifs is 1. The van der Waals surface area contributed by atoms with Crippen LogP contribution >= 0.6 is 0 Å². The first-order valence-corrected chi connectivity index (χ1v) is 16.0. The van der Waals surface area contributed by atoms with E-state index >= 15 is 0 Å². The number of nitrogens with one attached hydrogen (secondary N) is 2. The quantitative estimate of drug-likeness (QED) is 0.420. The number of nitrogens with zero attached hydrogens (tertiary/aromatic N) is 2. The summed E-state index contributed by atoms with van der Waals surface area (Å²) in [5, 5.41) is 6.11. The number of carbonyl (C=O) groups is 4. The summed E-state index contributed by atoms with van der Waals surface area (Å²) in [4.78, 5) is 56.7. The first kappa shape index (κ1) is 32.8. The first-order valence-electron chi connectivity index (χ1n) is 16.0. The first-order chi connectivity index (χ1) is 20.4. The Morgan fingerprint density at radius 3 is 2.47 bits per heavy atom. The maximum absolute atomic E-state index is 14.2. The van der Waals surface area contributed by atoms with Crippen molar-refractivity contribution in [1.29, 1.82) is 0 Å². The molecule has 1 saturated heterocycles. The summed E-state index contributed by atoms with van der Waals surface area (Å²) < 4.78 is 5.43. The number of carbonyl (C=O) groups excluding carboxylic acids is 4. The Kier molecular flexibility index (Phi) is 10.7. The highest BCUT2D eigenvalue weighted by Crippen LogP contribution is 2.32. The van der Waals surface area contributed by atoms with Crippen LogP contribution in [0, 0.1) is 5.92 Å². The van der Waals surface area contributed by atoms with Gasteiger partial charge >= 0.3 is 6.09 Å². The molecule has 5 atom stereocenters. The minimum Gasteiger partial charge on any atom is -0.444 e. The number of hydrogen-bond donors (Lipinski definition) is 3. The summed E-state index contributed by atoms with van der Waals surface area (Å²) in [6.07, 6.45) is 7.58. The standard InChI is InChI=1S/C33H51N5O5/c1-21(37(5)32(42)43-33(2,3)4)29(39)36-28(23-13-7-6-8-14-23)31(41)38-20-25(34)18-27(38)30(40)35-19-24-16-11-15-22-12-9-10-17-26(22)24/h9-10,12,17,21,23-25,27-28H,6-8,11,13-16,18-20,34H2,1-5H3,(H,35,40)(H,36,39). The number of nitrogens with two attached hydrogens (primary N) is 1. The summed E-state index contributed by atoms with van der Waals surface area (Å²) in [5.41, 5.74) is 8.25. The zero-order valence-electron chi connectivity index (χ0n) is 26.6. The van der Waals surface area contributed by atoms with E-state index in [9.17, 15) is 19.2 Å². The van der Waals surface area contributed by atoms with Crippen molar-refractivity contribution >= 4 is 23.8 Å². The second kappa shape index (κ2) is 14.1. The molecule has 2 fully saturated rings. The molecule has 1 saturated carbocycles. The van der Waals surface area contributed by atoms with E-state index in [4.69, 9.17) is 10.5 Å². The molecule has 4 amide bonds. The van der Waals surface area contributed by atoms with Crippen LogP contribution in [0.4, 0.5) is 4.79 Å². The van der Waals surface area contributed by atoms with E-state index in [1.54, 1.807) is 32.6 Å². The van der Waals surface area contributed by atoms with Crippen molar-refractivity contribution in [2.24, 2.45) is 11.7 Å². The van der Waals surface area contributed by atoms with Gasteiger partial charge in [-0.25, -0.2) is 4.79 Å². The average molecular weight is 598 g/mol. The number of amides is 4. The molecule has 238 valence electrons. The van der Waals surface area contributed by atoms with Gasteiger partial charge in [0.05, 0.1) is 0 Å². The van der Waals surface area contributed by atoms with E-state index in [-0.39, 0.29) is 36.2 Å². The molecule has 1 aliphatic heterocycles. The minimum atomic E-state index is -0.855. The topological polar surface area (TPSA) is 134 Å². The number of likely N-dealkylation sites (N-methyl/N-ethyl adjacent to an activating group) is 1. The molecule has 10 nitrogen and oxygen atoms in total. The Hall–Kier alpha value is -3.14. The van der Waals surface area contributed by atoms with Gasteiger partial charge in [0.1, 0.15) is 23.7 Å². The summed E-state index contributed by atoms with van der Waals surface area (Å²) in [7, 11) is 1.51. The predicted octanol–water partition coefficient (Wildman–Crippen LogP) is 3.47. The van der Waals surface area contributed by atoms with E-state index in [0.717, 1.165) is 51.4 Å². The number of benzene rings is 1. The molecule has 0 bridgehead atoms. The molecule has 0 spiro atoms. The predicted molar refractivity (Wildman–Crippen MR) is 165 cm³/mol. The smallest absolute Gasteiger partial charge is 0.410 e. The second-order valence-electron chi connectivity index (χ2n) is 13.7. The van der Waals surface area contributed by atoms with Gasteiger partial charge in [-0.3, -0.25) is 19.3 Å². The lowest BCUT2D eigenvalue weighted by Gasteiger charge is -2.36. The van der Waals surface area contributed by atoms with Gasteiger partial charge in [0.25, 0.3) is 0 Å².